The first-order valence-corrected chi connectivity index (χ1v) is 10.6. The number of hydrogen-bond acceptors (Lipinski definition) is 3. The second kappa shape index (κ2) is 8.96. The Bertz CT molecular complexity index is 1220. The SMILES string of the molecule is C#Cc1ccc2c(c1)C(=O)N(C(C(=O)O)c1ccc(Cl)cc1)C(c1ccc(Cl)cc1)CN2. The summed E-state index contributed by atoms with van der Waals surface area (Å²) in [5.41, 5.74) is 2.63. The van der Waals surface area contributed by atoms with Gasteiger partial charge in [0.15, 0.2) is 6.04 Å². The van der Waals surface area contributed by atoms with Gasteiger partial charge in [-0.3, -0.25) is 4.79 Å². The van der Waals surface area contributed by atoms with Crippen molar-refractivity contribution >= 4 is 40.8 Å². The summed E-state index contributed by atoms with van der Waals surface area (Å²) in [4.78, 5) is 27.7. The lowest BCUT2D eigenvalue weighted by Gasteiger charge is -2.35. The number of aliphatic carboxylic acids is 1. The van der Waals surface area contributed by atoms with Gasteiger partial charge in [0.2, 0.25) is 0 Å². The van der Waals surface area contributed by atoms with Crippen LogP contribution < -0.4 is 5.32 Å². The van der Waals surface area contributed by atoms with Gasteiger partial charge in [-0.1, -0.05) is 53.4 Å². The lowest BCUT2D eigenvalue weighted by atomic mass is 9.98. The number of terminal acetylenes is 1. The lowest BCUT2D eigenvalue weighted by Crippen LogP contribution is -2.42. The Labute approximate surface area is 195 Å². The Morgan fingerprint density at radius 2 is 1.69 bits per heavy atom. The number of nitrogens with one attached hydrogen (secondary N) is 1. The van der Waals surface area contributed by atoms with E-state index >= 15 is 0 Å². The van der Waals surface area contributed by atoms with Crippen molar-refractivity contribution in [1.29, 1.82) is 0 Å². The third-order valence-corrected chi connectivity index (χ3v) is 5.93. The van der Waals surface area contributed by atoms with Crippen molar-refractivity contribution in [3.63, 3.8) is 0 Å². The molecule has 1 heterocycles. The number of halogens is 2. The van der Waals surface area contributed by atoms with Gasteiger partial charge in [0.25, 0.3) is 5.91 Å². The first-order valence-electron chi connectivity index (χ1n) is 9.80. The van der Waals surface area contributed by atoms with Crippen LogP contribution in [0.25, 0.3) is 0 Å². The van der Waals surface area contributed by atoms with Crippen LogP contribution in [0.3, 0.4) is 0 Å². The van der Waals surface area contributed by atoms with Gasteiger partial charge >= 0.3 is 5.97 Å². The summed E-state index contributed by atoms with van der Waals surface area (Å²) < 4.78 is 0. The Balaban J connectivity index is 1.90. The maximum Gasteiger partial charge on any atom is 0.331 e. The molecule has 160 valence electrons. The highest BCUT2D eigenvalue weighted by Gasteiger charge is 2.40. The number of hydrogen-bond donors (Lipinski definition) is 2. The first-order chi connectivity index (χ1) is 15.4. The second-order valence-corrected chi connectivity index (χ2v) is 8.23. The number of benzene rings is 3. The van der Waals surface area contributed by atoms with Crippen LogP contribution in [0.2, 0.25) is 10.0 Å². The van der Waals surface area contributed by atoms with Crippen molar-refractivity contribution in [2.75, 3.05) is 11.9 Å². The van der Waals surface area contributed by atoms with Gasteiger partial charge in [-0.05, 0) is 53.6 Å². The van der Waals surface area contributed by atoms with Crippen LogP contribution in [0.1, 0.15) is 39.1 Å². The maximum atomic E-state index is 13.8. The number of carboxylic acid groups (broad SMARTS) is 1. The molecular weight excluding hydrogens is 447 g/mol. The van der Waals surface area contributed by atoms with Crippen LogP contribution in [0.5, 0.6) is 0 Å². The quantitative estimate of drug-likeness (QED) is 0.506. The average Bonchev–Trinajstić information content (AvgIpc) is 2.92. The molecule has 0 saturated heterocycles. The van der Waals surface area contributed by atoms with E-state index in [2.05, 4.69) is 11.2 Å². The smallest absolute Gasteiger partial charge is 0.331 e. The molecule has 0 aromatic heterocycles. The van der Waals surface area contributed by atoms with Crippen molar-refractivity contribution in [2.45, 2.75) is 12.1 Å². The fraction of sp³-hybridized carbons (Fsp3) is 0.120. The minimum atomic E-state index is -1.25. The summed E-state index contributed by atoms with van der Waals surface area (Å²) in [7, 11) is 0. The molecule has 3 aromatic rings. The van der Waals surface area contributed by atoms with Crippen LogP contribution in [-0.2, 0) is 4.79 Å². The van der Waals surface area contributed by atoms with Crippen molar-refractivity contribution in [3.05, 3.63) is 99.0 Å². The van der Waals surface area contributed by atoms with Crippen molar-refractivity contribution in [1.82, 2.24) is 4.90 Å². The first kappa shape index (κ1) is 21.8. The molecule has 0 saturated carbocycles. The number of carbonyl (C=O) groups is 2. The van der Waals surface area contributed by atoms with Crippen molar-refractivity contribution in [3.8, 4) is 12.3 Å². The fourth-order valence-electron chi connectivity index (χ4n) is 3.88. The van der Waals surface area contributed by atoms with Gasteiger partial charge < -0.3 is 15.3 Å². The normalized spacial score (nSPS) is 16.3. The molecule has 0 bridgehead atoms. The van der Waals surface area contributed by atoms with Gasteiger partial charge in [0.1, 0.15) is 0 Å². The zero-order valence-corrected chi connectivity index (χ0v) is 18.3. The largest absolute Gasteiger partial charge is 0.479 e. The molecule has 4 rings (SSSR count). The van der Waals surface area contributed by atoms with E-state index in [9.17, 15) is 14.7 Å². The number of carbonyl (C=O) groups excluding carboxylic acids is 1. The van der Waals surface area contributed by atoms with Gasteiger partial charge in [0.05, 0.1) is 11.6 Å². The highest BCUT2D eigenvalue weighted by atomic mass is 35.5. The Morgan fingerprint density at radius 3 is 2.28 bits per heavy atom. The molecule has 2 atom stereocenters. The molecular formula is C25H18Cl2N2O3. The topological polar surface area (TPSA) is 69.6 Å². The summed E-state index contributed by atoms with van der Waals surface area (Å²) in [5.74, 6) is 0.931. The summed E-state index contributed by atoms with van der Waals surface area (Å²) in [5, 5.41) is 14.5. The lowest BCUT2D eigenvalue weighted by molar-refractivity contribution is -0.143. The summed E-state index contributed by atoms with van der Waals surface area (Å²) >= 11 is 12.1. The number of anilines is 1. The van der Waals surface area contributed by atoms with Crippen molar-refractivity contribution in [2.24, 2.45) is 0 Å². The van der Waals surface area contributed by atoms with Crippen LogP contribution in [0.4, 0.5) is 5.69 Å². The third-order valence-electron chi connectivity index (χ3n) is 5.43. The molecule has 1 aliphatic rings. The molecule has 32 heavy (non-hydrogen) atoms. The number of nitrogens with zero attached hydrogens (tertiary/aromatic N) is 1. The summed E-state index contributed by atoms with van der Waals surface area (Å²) in [6.45, 7) is 0.299. The number of rotatable bonds is 4. The average molecular weight is 465 g/mol. The monoisotopic (exact) mass is 464 g/mol. The minimum absolute atomic E-state index is 0.299. The van der Waals surface area contributed by atoms with E-state index in [-0.39, 0.29) is 0 Å². The Hall–Kier alpha value is -3.46. The molecule has 2 N–H and O–H groups in total. The van der Waals surface area contributed by atoms with Crippen LogP contribution in [0.15, 0.2) is 66.7 Å². The molecule has 1 amide bonds. The molecule has 0 spiro atoms. The number of carboxylic acids is 1. The summed E-state index contributed by atoms with van der Waals surface area (Å²) in [6.07, 6.45) is 5.53. The number of amides is 1. The zero-order valence-electron chi connectivity index (χ0n) is 16.8. The molecule has 5 nitrogen and oxygen atoms in total. The second-order valence-electron chi connectivity index (χ2n) is 7.36. The van der Waals surface area contributed by atoms with Gasteiger partial charge in [-0.15, -0.1) is 6.42 Å². The Kier molecular flexibility index (Phi) is 6.09. The standard InChI is InChI=1S/C25H18Cl2N2O3/c1-2-15-3-12-21-20(13-15)24(30)29(22(14-28-21)16-4-8-18(26)9-5-16)23(25(31)32)17-6-10-19(27)11-7-17/h1,3-13,22-23,28H,14H2,(H,31,32). The third kappa shape index (κ3) is 4.16. The van der Waals surface area contributed by atoms with E-state index in [4.69, 9.17) is 29.6 Å². The number of fused-ring (bicyclic) bond motifs is 1. The molecule has 7 heteroatoms. The van der Waals surface area contributed by atoms with Crippen LogP contribution in [-0.4, -0.2) is 28.4 Å². The predicted octanol–water partition coefficient (Wildman–Crippen LogP) is 5.41. The van der Waals surface area contributed by atoms with Gasteiger partial charge in [-0.25, -0.2) is 4.79 Å². The van der Waals surface area contributed by atoms with Gasteiger partial charge in [-0.2, -0.15) is 0 Å². The zero-order chi connectivity index (χ0) is 22.8. The van der Waals surface area contributed by atoms with E-state index < -0.39 is 24.0 Å². The molecule has 1 aliphatic heterocycles. The highest BCUT2D eigenvalue weighted by molar-refractivity contribution is 6.30. The Morgan fingerprint density at radius 1 is 1.06 bits per heavy atom. The highest BCUT2D eigenvalue weighted by Crippen LogP contribution is 2.37. The van der Waals surface area contributed by atoms with E-state index in [0.717, 1.165) is 5.56 Å². The molecule has 0 fully saturated rings. The molecule has 2 unspecified atom stereocenters. The van der Waals surface area contributed by atoms with E-state index in [1.54, 1.807) is 66.7 Å². The minimum Gasteiger partial charge on any atom is -0.479 e. The van der Waals surface area contributed by atoms with E-state index in [0.29, 0.717) is 39.0 Å². The maximum absolute atomic E-state index is 13.8. The van der Waals surface area contributed by atoms with E-state index in [1.807, 2.05) is 0 Å². The van der Waals surface area contributed by atoms with Crippen LogP contribution >= 0.6 is 23.2 Å². The fourth-order valence-corrected chi connectivity index (χ4v) is 4.13. The van der Waals surface area contributed by atoms with Crippen molar-refractivity contribution < 1.29 is 14.7 Å². The summed E-state index contributed by atoms with van der Waals surface area (Å²) in [6, 6.07) is 16.7. The van der Waals surface area contributed by atoms with E-state index in [1.165, 1.54) is 4.90 Å². The molecule has 3 aromatic carbocycles. The molecule has 0 aliphatic carbocycles. The predicted molar refractivity (Wildman–Crippen MR) is 125 cm³/mol. The van der Waals surface area contributed by atoms with Crippen LogP contribution in [0, 0.1) is 12.3 Å². The van der Waals surface area contributed by atoms with Gasteiger partial charge in [0, 0.05) is 27.8 Å². The molecule has 0 radical (unpaired) electrons.